The predicted molar refractivity (Wildman–Crippen MR) is 162 cm³/mol. The first kappa shape index (κ1) is 28.1. The summed E-state index contributed by atoms with van der Waals surface area (Å²) in [4.78, 5) is 41.5. The molecule has 6 rings (SSSR count). The normalized spacial score (nSPS) is 23.6. The summed E-state index contributed by atoms with van der Waals surface area (Å²) in [6.07, 6.45) is 7.06. The zero-order valence-corrected chi connectivity index (χ0v) is 24.5. The average Bonchev–Trinajstić information content (AvgIpc) is 3.25. The van der Waals surface area contributed by atoms with Crippen LogP contribution in [0.25, 0.3) is 0 Å². The number of fused-ring (bicyclic) bond motifs is 2. The Morgan fingerprint density at radius 3 is 2.52 bits per heavy atom. The Hall–Kier alpha value is -3.99. The van der Waals surface area contributed by atoms with Crippen LogP contribution in [0.15, 0.2) is 60.7 Å². The number of carbonyl (C=O) groups excluding carboxylic acids is 3. The van der Waals surface area contributed by atoms with Gasteiger partial charge in [0.1, 0.15) is 17.3 Å². The van der Waals surface area contributed by atoms with E-state index in [2.05, 4.69) is 16.6 Å². The molecule has 3 aromatic rings. The fourth-order valence-electron chi connectivity index (χ4n) is 6.71. The van der Waals surface area contributed by atoms with Crippen LogP contribution in [0, 0.1) is 12.3 Å². The Morgan fingerprint density at radius 2 is 1.81 bits per heavy atom. The number of hydrogen-bond acceptors (Lipinski definition) is 4. The molecule has 214 valence electrons. The van der Waals surface area contributed by atoms with E-state index in [1.54, 1.807) is 42.2 Å². The molecule has 3 heterocycles. The van der Waals surface area contributed by atoms with Gasteiger partial charge < -0.3 is 20.3 Å². The lowest BCUT2D eigenvalue weighted by molar-refractivity contribution is -0.132. The van der Waals surface area contributed by atoms with E-state index in [0.29, 0.717) is 58.5 Å². The van der Waals surface area contributed by atoms with Gasteiger partial charge in [-0.2, -0.15) is 0 Å². The number of likely N-dealkylation sites (tertiary alicyclic amines) is 1. The SMILES string of the molecule is C#Cc1ccc(OC2CCN(C(C)=O)CC2)c([C@@H]2NC(=O)C[C@H](c3cccc(Cl)c3)[C@@]23C(=O)Nc2cc(Cl)ccc23)c1. The Kier molecular flexibility index (Phi) is 7.38. The van der Waals surface area contributed by atoms with Crippen LogP contribution in [0.3, 0.4) is 0 Å². The zero-order valence-electron chi connectivity index (χ0n) is 23.0. The van der Waals surface area contributed by atoms with Gasteiger partial charge in [0.25, 0.3) is 0 Å². The highest BCUT2D eigenvalue weighted by Crippen LogP contribution is 2.58. The van der Waals surface area contributed by atoms with E-state index in [1.807, 2.05) is 30.3 Å². The van der Waals surface area contributed by atoms with Crippen molar-refractivity contribution >= 4 is 46.6 Å². The molecular weight excluding hydrogens is 573 g/mol. The number of amides is 3. The van der Waals surface area contributed by atoms with Crippen LogP contribution < -0.4 is 15.4 Å². The number of hydrogen-bond donors (Lipinski definition) is 2. The number of piperidine rings is 2. The lowest BCUT2D eigenvalue weighted by Gasteiger charge is -2.47. The second-order valence-corrected chi connectivity index (χ2v) is 11.9. The van der Waals surface area contributed by atoms with Crippen molar-refractivity contribution in [1.29, 1.82) is 0 Å². The number of rotatable bonds is 4. The van der Waals surface area contributed by atoms with E-state index in [4.69, 9.17) is 34.4 Å². The molecule has 2 N–H and O–H groups in total. The molecule has 3 aliphatic heterocycles. The van der Waals surface area contributed by atoms with Crippen molar-refractivity contribution < 1.29 is 19.1 Å². The van der Waals surface area contributed by atoms with E-state index < -0.39 is 17.4 Å². The molecule has 9 heteroatoms. The number of nitrogens with one attached hydrogen (secondary N) is 2. The number of benzene rings is 3. The smallest absolute Gasteiger partial charge is 0.238 e. The largest absolute Gasteiger partial charge is 0.490 e. The second-order valence-electron chi connectivity index (χ2n) is 11.0. The molecule has 0 saturated carbocycles. The van der Waals surface area contributed by atoms with Gasteiger partial charge in [-0.05, 0) is 53.6 Å². The third-order valence-corrected chi connectivity index (χ3v) is 9.14. The first-order chi connectivity index (χ1) is 20.2. The Labute approximate surface area is 254 Å². The number of halogens is 2. The Balaban J connectivity index is 1.52. The van der Waals surface area contributed by atoms with Crippen molar-refractivity contribution in [3.8, 4) is 18.1 Å². The van der Waals surface area contributed by atoms with Crippen molar-refractivity contribution in [3.05, 3.63) is 93.0 Å². The van der Waals surface area contributed by atoms with E-state index in [-0.39, 0.29) is 30.2 Å². The van der Waals surface area contributed by atoms with E-state index in [0.717, 1.165) is 11.1 Å². The van der Waals surface area contributed by atoms with E-state index in [1.165, 1.54) is 0 Å². The molecular formula is C33H29Cl2N3O4. The molecule has 0 aliphatic carbocycles. The van der Waals surface area contributed by atoms with Crippen LogP contribution in [0.1, 0.15) is 60.4 Å². The molecule has 3 aromatic carbocycles. The first-order valence-electron chi connectivity index (χ1n) is 13.9. The number of anilines is 1. The zero-order chi connectivity index (χ0) is 29.6. The standard InChI is InChI=1S/C33H29Cl2N3O4/c1-3-20-7-10-29(42-24-11-13-38(14-12-24)19(2)39)25(15-20)31-33(26-9-8-23(35)17-28(26)36-32(33)41)27(18-30(40)37-31)21-5-4-6-22(34)16-21/h1,4-10,15-17,24,27,31H,11-14,18H2,2H3,(H,36,41)(H,37,40)/t27-,31+,33-/m1/s1. The summed E-state index contributed by atoms with van der Waals surface area (Å²) in [5, 5.41) is 7.19. The van der Waals surface area contributed by atoms with Gasteiger partial charge in [0, 0.05) is 72.1 Å². The molecule has 2 fully saturated rings. The highest BCUT2D eigenvalue weighted by Gasteiger charge is 2.61. The van der Waals surface area contributed by atoms with Gasteiger partial charge in [-0.1, -0.05) is 47.3 Å². The molecule has 42 heavy (non-hydrogen) atoms. The van der Waals surface area contributed by atoms with Crippen molar-refractivity contribution in [2.24, 2.45) is 0 Å². The quantitative estimate of drug-likeness (QED) is 0.381. The minimum Gasteiger partial charge on any atom is -0.490 e. The summed E-state index contributed by atoms with van der Waals surface area (Å²) in [5.74, 6) is 2.23. The van der Waals surface area contributed by atoms with Gasteiger partial charge in [0.15, 0.2) is 0 Å². The topological polar surface area (TPSA) is 87.7 Å². The minimum absolute atomic E-state index is 0.0393. The van der Waals surface area contributed by atoms with Crippen LogP contribution in [0.4, 0.5) is 5.69 Å². The third-order valence-electron chi connectivity index (χ3n) is 8.67. The highest BCUT2D eigenvalue weighted by atomic mass is 35.5. The monoisotopic (exact) mass is 601 g/mol. The molecule has 2 saturated heterocycles. The fraction of sp³-hybridized carbons (Fsp3) is 0.303. The Bertz CT molecular complexity index is 1640. The van der Waals surface area contributed by atoms with E-state index >= 15 is 0 Å². The second kappa shape index (κ2) is 11.0. The van der Waals surface area contributed by atoms with Crippen LogP contribution in [-0.4, -0.2) is 41.8 Å². The number of terminal acetylenes is 1. The molecule has 3 atom stereocenters. The summed E-state index contributed by atoms with van der Waals surface area (Å²) >= 11 is 12.8. The molecule has 3 aliphatic rings. The molecule has 0 bridgehead atoms. The molecule has 3 amide bonds. The number of nitrogens with zero attached hydrogens (tertiary/aromatic N) is 1. The van der Waals surface area contributed by atoms with Crippen molar-refractivity contribution in [1.82, 2.24) is 10.2 Å². The van der Waals surface area contributed by atoms with E-state index in [9.17, 15) is 14.4 Å². The van der Waals surface area contributed by atoms with Crippen LogP contribution >= 0.6 is 23.2 Å². The van der Waals surface area contributed by atoms with Gasteiger partial charge in [-0.15, -0.1) is 6.42 Å². The third kappa shape index (κ3) is 4.79. The fourth-order valence-corrected chi connectivity index (χ4v) is 7.08. The van der Waals surface area contributed by atoms with Gasteiger partial charge in [-0.3, -0.25) is 14.4 Å². The summed E-state index contributed by atoms with van der Waals surface area (Å²) < 4.78 is 6.58. The van der Waals surface area contributed by atoms with Crippen molar-refractivity contribution in [2.75, 3.05) is 18.4 Å². The first-order valence-corrected chi connectivity index (χ1v) is 14.6. The number of ether oxygens (including phenoxy) is 1. The average molecular weight is 603 g/mol. The molecule has 0 aromatic heterocycles. The van der Waals surface area contributed by atoms with Crippen LogP contribution in [0.5, 0.6) is 5.75 Å². The van der Waals surface area contributed by atoms with Crippen LogP contribution in [0.2, 0.25) is 10.0 Å². The van der Waals surface area contributed by atoms with Crippen molar-refractivity contribution in [2.45, 2.75) is 49.7 Å². The van der Waals surface area contributed by atoms with Crippen molar-refractivity contribution in [3.63, 3.8) is 0 Å². The number of carbonyl (C=O) groups is 3. The minimum atomic E-state index is -1.26. The highest BCUT2D eigenvalue weighted by molar-refractivity contribution is 6.31. The maximum atomic E-state index is 14.4. The molecule has 7 nitrogen and oxygen atoms in total. The van der Waals surface area contributed by atoms with Crippen LogP contribution in [-0.2, 0) is 19.8 Å². The summed E-state index contributed by atoms with van der Waals surface area (Å²) in [7, 11) is 0. The predicted octanol–water partition coefficient (Wildman–Crippen LogP) is 5.60. The van der Waals surface area contributed by atoms with Gasteiger partial charge in [0.05, 0.1) is 6.04 Å². The lowest BCUT2D eigenvalue weighted by Crippen LogP contribution is -2.57. The maximum absolute atomic E-state index is 14.4. The lowest BCUT2D eigenvalue weighted by atomic mass is 9.59. The summed E-state index contributed by atoms with van der Waals surface area (Å²) in [6.45, 7) is 2.75. The van der Waals surface area contributed by atoms with Gasteiger partial charge >= 0.3 is 0 Å². The molecule has 1 spiro atoms. The van der Waals surface area contributed by atoms with Gasteiger partial charge in [-0.25, -0.2) is 0 Å². The molecule has 0 unspecified atom stereocenters. The summed E-state index contributed by atoms with van der Waals surface area (Å²) in [6, 6.07) is 17.2. The maximum Gasteiger partial charge on any atom is 0.238 e. The summed E-state index contributed by atoms with van der Waals surface area (Å²) in [5.41, 5.74) is 2.02. The molecule has 0 radical (unpaired) electrons. The van der Waals surface area contributed by atoms with Gasteiger partial charge in [0.2, 0.25) is 17.7 Å². The Morgan fingerprint density at radius 1 is 1.05 bits per heavy atom.